The molecule has 0 heterocycles. The van der Waals surface area contributed by atoms with Gasteiger partial charge in [0.25, 0.3) is 0 Å². The molecule has 0 aromatic heterocycles. The molecule has 0 bridgehead atoms. The van der Waals surface area contributed by atoms with Crippen molar-refractivity contribution in [3.8, 4) is 0 Å². The maximum atomic E-state index is 11.7. The minimum Gasteiger partial charge on any atom is -0.380 e. The SMILES string of the molecule is CCc1cccc(NC(=O)CC(CN)OC)c1. The van der Waals surface area contributed by atoms with Crippen LogP contribution in [0.25, 0.3) is 0 Å². The minimum absolute atomic E-state index is 0.0736. The number of nitrogens with one attached hydrogen (secondary N) is 1. The van der Waals surface area contributed by atoms with Crippen LogP contribution < -0.4 is 11.1 Å². The molecule has 0 radical (unpaired) electrons. The van der Waals surface area contributed by atoms with Crippen molar-refractivity contribution in [3.05, 3.63) is 29.8 Å². The van der Waals surface area contributed by atoms with Crippen LogP contribution in [0.3, 0.4) is 0 Å². The van der Waals surface area contributed by atoms with Crippen LogP contribution in [0.2, 0.25) is 0 Å². The molecule has 0 aliphatic rings. The van der Waals surface area contributed by atoms with Gasteiger partial charge in [-0.3, -0.25) is 4.79 Å². The Hall–Kier alpha value is -1.39. The fourth-order valence-corrected chi connectivity index (χ4v) is 1.55. The average Bonchev–Trinajstić information content (AvgIpc) is 2.36. The lowest BCUT2D eigenvalue weighted by Crippen LogP contribution is -2.28. The first-order valence-corrected chi connectivity index (χ1v) is 5.81. The summed E-state index contributed by atoms with van der Waals surface area (Å²) in [5.41, 5.74) is 7.49. The highest BCUT2D eigenvalue weighted by Crippen LogP contribution is 2.11. The Morgan fingerprint density at radius 2 is 2.29 bits per heavy atom. The molecular formula is C13H20N2O2. The van der Waals surface area contributed by atoms with Crippen molar-refractivity contribution in [2.45, 2.75) is 25.9 Å². The molecule has 0 aliphatic heterocycles. The highest BCUT2D eigenvalue weighted by Gasteiger charge is 2.11. The highest BCUT2D eigenvalue weighted by molar-refractivity contribution is 5.91. The molecule has 94 valence electrons. The summed E-state index contributed by atoms with van der Waals surface area (Å²) in [5.74, 6) is -0.0736. The Balaban J connectivity index is 2.55. The lowest BCUT2D eigenvalue weighted by molar-refractivity contribution is -0.118. The number of anilines is 1. The summed E-state index contributed by atoms with van der Waals surface area (Å²) in [5, 5.41) is 2.84. The smallest absolute Gasteiger partial charge is 0.227 e. The molecule has 1 amide bonds. The Morgan fingerprint density at radius 1 is 1.53 bits per heavy atom. The molecule has 4 heteroatoms. The second-order valence-corrected chi connectivity index (χ2v) is 3.90. The van der Waals surface area contributed by atoms with E-state index in [1.54, 1.807) is 7.11 Å². The van der Waals surface area contributed by atoms with Gasteiger partial charge in [-0.05, 0) is 24.1 Å². The van der Waals surface area contributed by atoms with E-state index in [1.807, 2.05) is 24.3 Å². The third-order valence-electron chi connectivity index (χ3n) is 2.63. The lowest BCUT2D eigenvalue weighted by atomic mass is 10.1. The van der Waals surface area contributed by atoms with E-state index in [9.17, 15) is 4.79 Å². The lowest BCUT2D eigenvalue weighted by Gasteiger charge is -2.12. The number of aryl methyl sites for hydroxylation is 1. The third-order valence-corrected chi connectivity index (χ3v) is 2.63. The minimum atomic E-state index is -0.218. The van der Waals surface area contributed by atoms with E-state index < -0.39 is 0 Å². The van der Waals surface area contributed by atoms with Crippen LogP contribution in [0.15, 0.2) is 24.3 Å². The molecule has 0 aliphatic carbocycles. The van der Waals surface area contributed by atoms with Gasteiger partial charge in [0.05, 0.1) is 12.5 Å². The monoisotopic (exact) mass is 236 g/mol. The van der Waals surface area contributed by atoms with Crippen molar-refractivity contribution in [3.63, 3.8) is 0 Å². The van der Waals surface area contributed by atoms with E-state index in [0.29, 0.717) is 6.54 Å². The first kappa shape index (κ1) is 13.7. The molecule has 1 rings (SSSR count). The summed E-state index contributed by atoms with van der Waals surface area (Å²) in [6, 6.07) is 7.82. The van der Waals surface area contributed by atoms with Gasteiger partial charge in [-0.15, -0.1) is 0 Å². The molecule has 0 saturated heterocycles. The van der Waals surface area contributed by atoms with Crippen LogP contribution in [0.5, 0.6) is 0 Å². The molecule has 0 fully saturated rings. The second-order valence-electron chi connectivity index (χ2n) is 3.90. The predicted molar refractivity (Wildman–Crippen MR) is 68.9 cm³/mol. The summed E-state index contributed by atoms with van der Waals surface area (Å²) in [6.07, 6.45) is 1.01. The number of ether oxygens (including phenoxy) is 1. The number of benzene rings is 1. The van der Waals surface area contributed by atoms with Gasteiger partial charge in [0, 0.05) is 19.3 Å². The molecular weight excluding hydrogens is 216 g/mol. The van der Waals surface area contributed by atoms with Crippen LogP contribution in [0, 0.1) is 0 Å². The van der Waals surface area contributed by atoms with E-state index in [0.717, 1.165) is 12.1 Å². The highest BCUT2D eigenvalue weighted by atomic mass is 16.5. The number of nitrogens with two attached hydrogens (primary N) is 1. The summed E-state index contributed by atoms with van der Waals surface area (Å²) in [6.45, 7) is 2.43. The molecule has 3 N–H and O–H groups in total. The fourth-order valence-electron chi connectivity index (χ4n) is 1.55. The van der Waals surface area contributed by atoms with Gasteiger partial charge < -0.3 is 15.8 Å². The van der Waals surface area contributed by atoms with Gasteiger partial charge >= 0.3 is 0 Å². The maximum Gasteiger partial charge on any atom is 0.227 e. The van der Waals surface area contributed by atoms with Crippen molar-refractivity contribution in [1.29, 1.82) is 0 Å². The number of rotatable bonds is 6. The van der Waals surface area contributed by atoms with Crippen molar-refractivity contribution < 1.29 is 9.53 Å². The second kappa shape index (κ2) is 7.04. The van der Waals surface area contributed by atoms with Crippen molar-refractivity contribution >= 4 is 11.6 Å². The number of hydrogen-bond acceptors (Lipinski definition) is 3. The fraction of sp³-hybridized carbons (Fsp3) is 0.462. The summed E-state index contributed by atoms with van der Waals surface area (Å²) < 4.78 is 5.07. The number of methoxy groups -OCH3 is 1. The van der Waals surface area contributed by atoms with Gasteiger partial charge in [0.1, 0.15) is 0 Å². The first-order valence-electron chi connectivity index (χ1n) is 5.81. The van der Waals surface area contributed by atoms with Gasteiger partial charge in [-0.2, -0.15) is 0 Å². The van der Waals surface area contributed by atoms with Crippen LogP contribution in [0.1, 0.15) is 18.9 Å². The Bertz CT molecular complexity index is 362. The molecule has 0 spiro atoms. The first-order chi connectivity index (χ1) is 8.19. The molecule has 0 saturated carbocycles. The van der Waals surface area contributed by atoms with Crippen molar-refractivity contribution in [2.24, 2.45) is 5.73 Å². The van der Waals surface area contributed by atoms with Crippen LogP contribution in [-0.2, 0) is 16.0 Å². The van der Waals surface area contributed by atoms with Crippen LogP contribution >= 0.6 is 0 Å². The van der Waals surface area contributed by atoms with E-state index in [2.05, 4.69) is 12.2 Å². The maximum absolute atomic E-state index is 11.7. The standard InChI is InChI=1S/C13H20N2O2/c1-3-10-5-4-6-11(7-10)15-13(16)8-12(9-14)17-2/h4-7,12H,3,8-9,14H2,1-2H3,(H,15,16). The van der Waals surface area contributed by atoms with Gasteiger partial charge in [0.2, 0.25) is 5.91 Å². The molecule has 1 aromatic rings. The zero-order valence-electron chi connectivity index (χ0n) is 10.4. The number of carbonyl (C=O) groups excluding carboxylic acids is 1. The largest absolute Gasteiger partial charge is 0.380 e. The molecule has 1 atom stereocenters. The molecule has 1 aromatic carbocycles. The zero-order chi connectivity index (χ0) is 12.7. The molecule has 17 heavy (non-hydrogen) atoms. The normalized spacial score (nSPS) is 12.2. The summed E-state index contributed by atoms with van der Waals surface area (Å²) >= 11 is 0. The van der Waals surface area contributed by atoms with E-state index >= 15 is 0 Å². The van der Waals surface area contributed by atoms with E-state index in [4.69, 9.17) is 10.5 Å². The summed E-state index contributed by atoms with van der Waals surface area (Å²) in [7, 11) is 1.56. The predicted octanol–water partition coefficient (Wildman–Crippen LogP) is 1.55. The van der Waals surface area contributed by atoms with Gasteiger partial charge in [-0.1, -0.05) is 19.1 Å². The number of amides is 1. The van der Waals surface area contributed by atoms with E-state index in [-0.39, 0.29) is 18.4 Å². The van der Waals surface area contributed by atoms with Gasteiger partial charge in [-0.25, -0.2) is 0 Å². The number of hydrogen-bond donors (Lipinski definition) is 2. The molecule has 1 unspecified atom stereocenters. The van der Waals surface area contributed by atoms with Crippen LogP contribution in [0.4, 0.5) is 5.69 Å². The van der Waals surface area contributed by atoms with Crippen LogP contribution in [-0.4, -0.2) is 25.7 Å². The van der Waals surface area contributed by atoms with E-state index in [1.165, 1.54) is 5.56 Å². The van der Waals surface area contributed by atoms with Gasteiger partial charge in [0.15, 0.2) is 0 Å². The Labute approximate surface area is 102 Å². The third kappa shape index (κ3) is 4.54. The molecule has 4 nitrogen and oxygen atoms in total. The Kier molecular flexibility index (Phi) is 5.66. The topological polar surface area (TPSA) is 64.4 Å². The summed E-state index contributed by atoms with van der Waals surface area (Å²) in [4.78, 5) is 11.7. The quantitative estimate of drug-likeness (QED) is 0.787. The Morgan fingerprint density at radius 3 is 2.88 bits per heavy atom. The average molecular weight is 236 g/mol. The zero-order valence-corrected chi connectivity index (χ0v) is 10.4. The van der Waals surface area contributed by atoms with Crippen molar-refractivity contribution in [2.75, 3.05) is 19.0 Å². The number of carbonyl (C=O) groups is 1. The van der Waals surface area contributed by atoms with Crippen molar-refractivity contribution in [1.82, 2.24) is 0 Å².